The van der Waals surface area contributed by atoms with Crippen molar-refractivity contribution in [2.45, 2.75) is 25.7 Å². The lowest BCUT2D eigenvalue weighted by molar-refractivity contribution is 0.297. The Bertz CT molecular complexity index is 572. The number of fused-ring (bicyclic) bond motifs is 6. The van der Waals surface area contributed by atoms with Gasteiger partial charge in [-0.25, -0.2) is 0 Å². The molecule has 2 bridgehead atoms. The van der Waals surface area contributed by atoms with Crippen LogP contribution in [-0.4, -0.2) is 18.3 Å². The van der Waals surface area contributed by atoms with E-state index in [9.17, 15) is 0 Å². The van der Waals surface area contributed by atoms with E-state index in [1.54, 1.807) is 0 Å². The van der Waals surface area contributed by atoms with Crippen LogP contribution in [0.25, 0.3) is 11.1 Å². The summed E-state index contributed by atoms with van der Waals surface area (Å²) >= 11 is 0. The molecule has 1 N–H and O–H groups in total. The van der Waals surface area contributed by atoms with Crippen molar-refractivity contribution in [3.8, 4) is 16.9 Å². The van der Waals surface area contributed by atoms with Crippen LogP contribution >= 0.6 is 0 Å². The van der Waals surface area contributed by atoms with Crippen molar-refractivity contribution in [1.82, 2.24) is 0 Å². The highest BCUT2D eigenvalue weighted by atomic mass is 16.5. The fraction of sp³-hybridized carbons (Fsp3) is 0.333. The second-order valence-corrected chi connectivity index (χ2v) is 5.31. The summed E-state index contributed by atoms with van der Waals surface area (Å²) in [6.07, 6.45) is 4.03. The van der Waals surface area contributed by atoms with Crippen molar-refractivity contribution in [2.75, 3.05) is 13.2 Å². The van der Waals surface area contributed by atoms with E-state index in [2.05, 4.69) is 42.5 Å². The topological polar surface area (TPSA) is 29.5 Å². The first-order chi connectivity index (χ1) is 9.86. The average Bonchev–Trinajstić information content (AvgIpc) is 2.54. The molecule has 20 heavy (non-hydrogen) atoms. The molecular weight excluding hydrogens is 248 g/mol. The van der Waals surface area contributed by atoms with Gasteiger partial charge in [0.15, 0.2) is 0 Å². The van der Waals surface area contributed by atoms with Crippen molar-refractivity contribution >= 4 is 0 Å². The largest absolute Gasteiger partial charge is 0.493 e. The highest BCUT2D eigenvalue weighted by molar-refractivity contribution is 5.71. The van der Waals surface area contributed by atoms with Crippen LogP contribution in [0.5, 0.6) is 5.75 Å². The molecule has 104 valence electrons. The summed E-state index contributed by atoms with van der Waals surface area (Å²) in [6.45, 7) is 0.934. The number of hydrogen-bond acceptors (Lipinski definition) is 2. The summed E-state index contributed by atoms with van der Waals surface area (Å²) in [6, 6.07) is 15.0. The van der Waals surface area contributed by atoms with E-state index >= 15 is 0 Å². The maximum absolute atomic E-state index is 9.08. The number of aliphatic hydroxyl groups excluding tert-OH is 1. The molecule has 2 aromatic rings. The highest BCUT2D eigenvalue weighted by Gasteiger charge is 2.09. The third kappa shape index (κ3) is 2.86. The number of ether oxygens (including phenoxy) is 1. The minimum atomic E-state index is 0.174. The monoisotopic (exact) mass is 268 g/mol. The molecule has 0 saturated carbocycles. The summed E-state index contributed by atoms with van der Waals surface area (Å²) in [5, 5.41) is 9.08. The number of aryl methyl sites for hydroxylation is 1. The Labute approximate surface area is 120 Å². The van der Waals surface area contributed by atoms with E-state index in [0.717, 1.165) is 42.7 Å². The summed E-state index contributed by atoms with van der Waals surface area (Å²) in [7, 11) is 0. The molecule has 0 unspecified atom stereocenters. The van der Waals surface area contributed by atoms with E-state index in [-0.39, 0.29) is 6.61 Å². The van der Waals surface area contributed by atoms with Crippen molar-refractivity contribution in [1.29, 1.82) is 0 Å². The molecule has 0 atom stereocenters. The molecule has 0 aromatic heterocycles. The van der Waals surface area contributed by atoms with Crippen molar-refractivity contribution in [3.05, 3.63) is 53.6 Å². The molecule has 2 heteroatoms. The first kappa shape index (κ1) is 13.2. The summed E-state index contributed by atoms with van der Waals surface area (Å²) in [5.74, 6) is 0.936. The minimum Gasteiger partial charge on any atom is -0.493 e. The Morgan fingerprint density at radius 3 is 2.65 bits per heavy atom. The van der Waals surface area contributed by atoms with Crippen LogP contribution in [0.15, 0.2) is 42.5 Å². The Morgan fingerprint density at radius 2 is 1.85 bits per heavy atom. The Morgan fingerprint density at radius 1 is 1.00 bits per heavy atom. The summed E-state index contributed by atoms with van der Waals surface area (Å²) in [5.41, 5.74) is 4.85. The highest BCUT2D eigenvalue weighted by Crippen LogP contribution is 2.32. The fourth-order valence-corrected chi connectivity index (χ4v) is 2.67. The Balaban J connectivity index is 2.03. The quantitative estimate of drug-likeness (QED) is 0.901. The van der Waals surface area contributed by atoms with Gasteiger partial charge in [-0.15, -0.1) is 0 Å². The summed E-state index contributed by atoms with van der Waals surface area (Å²) < 4.78 is 5.98. The van der Waals surface area contributed by atoms with Crippen LogP contribution in [0.2, 0.25) is 0 Å². The van der Waals surface area contributed by atoms with Gasteiger partial charge >= 0.3 is 0 Å². The van der Waals surface area contributed by atoms with Crippen LogP contribution in [0, 0.1) is 0 Å². The van der Waals surface area contributed by atoms with Gasteiger partial charge in [-0.05, 0) is 48.4 Å². The molecule has 2 aromatic carbocycles. The lowest BCUT2D eigenvalue weighted by Gasteiger charge is -2.13. The lowest BCUT2D eigenvalue weighted by atomic mass is 9.99. The molecule has 4 rings (SSSR count). The first-order valence-electron chi connectivity index (χ1n) is 7.33. The predicted octanol–water partition coefficient (Wildman–Crippen LogP) is 3.60. The number of hydrogen-bond donors (Lipinski definition) is 1. The second kappa shape index (κ2) is 6.10. The van der Waals surface area contributed by atoms with Gasteiger partial charge in [0.1, 0.15) is 5.75 Å². The van der Waals surface area contributed by atoms with Gasteiger partial charge in [-0.3, -0.25) is 0 Å². The molecule has 2 aliphatic heterocycles. The van der Waals surface area contributed by atoms with Gasteiger partial charge in [0, 0.05) is 12.2 Å². The molecular formula is C18H20O2. The van der Waals surface area contributed by atoms with Crippen LogP contribution in [0.1, 0.15) is 24.0 Å². The number of aliphatic hydroxyl groups is 1. The summed E-state index contributed by atoms with van der Waals surface area (Å²) in [4.78, 5) is 0. The molecule has 0 amide bonds. The van der Waals surface area contributed by atoms with Crippen LogP contribution < -0.4 is 4.74 Å². The standard InChI is InChI=1S/C18H20O2/c19-11-10-15-6-9-17-16-7-4-14(5-8-16)3-1-2-12-20-18(17)13-15/h4-9,13,19H,1-3,10-12H2. The van der Waals surface area contributed by atoms with E-state index in [1.165, 1.54) is 11.1 Å². The van der Waals surface area contributed by atoms with E-state index in [4.69, 9.17) is 9.84 Å². The van der Waals surface area contributed by atoms with Crippen LogP contribution in [0.3, 0.4) is 0 Å². The third-order valence-electron chi connectivity index (χ3n) is 3.83. The van der Waals surface area contributed by atoms with Crippen molar-refractivity contribution < 1.29 is 9.84 Å². The van der Waals surface area contributed by atoms with Crippen LogP contribution in [-0.2, 0) is 12.8 Å². The van der Waals surface area contributed by atoms with E-state index in [0.29, 0.717) is 6.42 Å². The smallest absolute Gasteiger partial charge is 0.127 e. The molecule has 0 radical (unpaired) electrons. The maximum atomic E-state index is 9.08. The fourth-order valence-electron chi connectivity index (χ4n) is 2.67. The maximum Gasteiger partial charge on any atom is 0.127 e. The van der Waals surface area contributed by atoms with Gasteiger partial charge in [0.25, 0.3) is 0 Å². The third-order valence-corrected chi connectivity index (χ3v) is 3.83. The van der Waals surface area contributed by atoms with Crippen molar-refractivity contribution in [3.63, 3.8) is 0 Å². The van der Waals surface area contributed by atoms with E-state index in [1.807, 2.05) is 0 Å². The Kier molecular flexibility index (Phi) is 4.03. The van der Waals surface area contributed by atoms with Gasteiger partial charge < -0.3 is 9.84 Å². The van der Waals surface area contributed by atoms with E-state index < -0.39 is 0 Å². The molecule has 0 aliphatic carbocycles. The second-order valence-electron chi connectivity index (χ2n) is 5.31. The number of rotatable bonds is 2. The minimum absolute atomic E-state index is 0.174. The SMILES string of the molecule is OCCc1ccc2c(c1)OCCCCc1ccc-2cc1. The van der Waals surface area contributed by atoms with Crippen LogP contribution in [0.4, 0.5) is 0 Å². The zero-order valence-corrected chi connectivity index (χ0v) is 11.6. The van der Waals surface area contributed by atoms with Crippen molar-refractivity contribution in [2.24, 2.45) is 0 Å². The zero-order valence-electron chi connectivity index (χ0n) is 11.6. The molecule has 0 spiro atoms. The van der Waals surface area contributed by atoms with Gasteiger partial charge in [-0.2, -0.15) is 0 Å². The first-order valence-corrected chi connectivity index (χ1v) is 7.33. The molecule has 2 heterocycles. The normalized spacial score (nSPS) is 14.2. The Hall–Kier alpha value is -1.80. The molecule has 0 saturated heterocycles. The number of benzene rings is 2. The average molecular weight is 268 g/mol. The predicted molar refractivity (Wildman–Crippen MR) is 81.1 cm³/mol. The van der Waals surface area contributed by atoms with Gasteiger partial charge in [-0.1, -0.05) is 36.4 Å². The molecule has 2 aliphatic rings. The lowest BCUT2D eigenvalue weighted by Crippen LogP contribution is -2.00. The van der Waals surface area contributed by atoms with Gasteiger partial charge in [0.05, 0.1) is 6.61 Å². The molecule has 0 fully saturated rings. The molecule has 2 nitrogen and oxygen atoms in total. The van der Waals surface area contributed by atoms with Gasteiger partial charge in [0.2, 0.25) is 0 Å². The zero-order chi connectivity index (χ0) is 13.8.